The second-order valence-corrected chi connectivity index (χ2v) is 6.96. The van der Waals surface area contributed by atoms with Crippen molar-refractivity contribution in [2.75, 3.05) is 36.7 Å². The lowest BCUT2D eigenvalue weighted by atomic mass is 10.2. The van der Waals surface area contributed by atoms with Crippen LogP contribution in [0.5, 0.6) is 0 Å². The van der Waals surface area contributed by atoms with Gasteiger partial charge in [0.2, 0.25) is 10.0 Å². The highest BCUT2D eigenvalue weighted by atomic mass is 32.2. The quantitative estimate of drug-likeness (QED) is 0.503. The number of nitrogens with one attached hydrogen (secondary N) is 2. The highest BCUT2D eigenvalue weighted by molar-refractivity contribution is 7.98. The van der Waals surface area contributed by atoms with Crippen molar-refractivity contribution in [3.63, 3.8) is 0 Å². The van der Waals surface area contributed by atoms with Crippen molar-refractivity contribution in [1.29, 1.82) is 0 Å². The molecule has 0 amide bonds. The molecule has 1 rings (SSSR count). The third kappa shape index (κ3) is 4.93. The van der Waals surface area contributed by atoms with E-state index < -0.39 is 10.0 Å². The average molecular weight is 303 g/mol. The zero-order valence-electron chi connectivity index (χ0n) is 11.3. The molecule has 0 saturated carbocycles. The van der Waals surface area contributed by atoms with Gasteiger partial charge in [-0.15, -0.1) is 0 Å². The van der Waals surface area contributed by atoms with Gasteiger partial charge in [-0.25, -0.2) is 13.1 Å². The molecule has 7 heteroatoms. The van der Waals surface area contributed by atoms with Crippen LogP contribution in [0.3, 0.4) is 0 Å². The van der Waals surface area contributed by atoms with Crippen molar-refractivity contribution < 1.29 is 8.42 Å². The molecule has 0 unspecified atom stereocenters. The maximum absolute atomic E-state index is 11.6. The van der Waals surface area contributed by atoms with Gasteiger partial charge >= 0.3 is 0 Å². The van der Waals surface area contributed by atoms with Gasteiger partial charge in [-0.3, -0.25) is 0 Å². The first-order valence-electron chi connectivity index (χ1n) is 6.07. The van der Waals surface area contributed by atoms with E-state index in [0.717, 1.165) is 30.8 Å². The molecule has 0 aromatic heterocycles. The number of nitrogens with two attached hydrogens (primary N) is 1. The van der Waals surface area contributed by atoms with Crippen LogP contribution in [0.4, 0.5) is 11.4 Å². The van der Waals surface area contributed by atoms with Crippen LogP contribution in [0, 0.1) is 0 Å². The Balaban J connectivity index is 2.63. The fourth-order valence-electron chi connectivity index (χ4n) is 1.58. The Kier molecular flexibility index (Phi) is 6.47. The van der Waals surface area contributed by atoms with Crippen LogP contribution in [0.2, 0.25) is 0 Å². The Bertz CT molecular complexity index is 504. The van der Waals surface area contributed by atoms with Crippen molar-refractivity contribution in [3.05, 3.63) is 18.2 Å². The van der Waals surface area contributed by atoms with E-state index in [2.05, 4.69) is 16.3 Å². The number of benzene rings is 1. The minimum atomic E-state index is -3.43. The minimum absolute atomic E-state index is 0.181. The predicted molar refractivity (Wildman–Crippen MR) is 83.2 cm³/mol. The van der Waals surface area contributed by atoms with Gasteiger partial charge in [0.25, 0.3) is 0 Å². The molecule has 0 atom stereocenters. The summed E-state index contributed by atoms with van der Waals surface area (Å²) in [6, 6.07) is 4.72. The van der Waals surface area contributed by atoms with E-state index in [-0.39, 0.29) is 4.90 Å². The number of nitrogen functional groups attached to an aromatic ring is 1. The number of hydrogen-bond acceptors (Lipinski definition) is 5. The largest absolute Gasteiger partial charge is 0.397 e. The SMILES string of the molecule is CNS(=O)(=O)c1ccc(NCCCCSC)c(N)c1. The zero-order chi connectivity index (χ0) is 14.3. The molecule has 0 bridgehead atoms. The monoisotopic (exact) mass is 303 g/mol. The molecular formula is C12H21N3O2S2. The Morgan fingerprint density at radius 2 is 2.05 bits per heavy atom. The lowest BCUT2D eigenvalue weighted by Crippen LogP contribution is -2.18. The fourth-order valence-corrected chi connectivity index (χ4v) is 2.84. The van der Waals surface area contributed by atoms with E-state index in [1.807, 2.05) is 11.8 Å². The van der Waals surface area contributed by atoms with Crippen LogP contribution in [-0.2, 0) is 10.0 Å². The molecule has 0 aliphatic carbocycles. The zero-order valence-corrected chi connectivity index (χ0v) is 12.9. The molecule has 4 N–H and O–H groups in total. The number of rotatable bonds is 8. The Morgan fingerprint density at radius 3 is 2.63 bits per heavy atom. The topological polar surface area (TPSA) is 84.2 Å². The summed E-state index contributed by atoms with van der Waals surface area (Å²) in [7, 11) is -2.05. The summed E-state index contributed by atoms with van der Waals surface area (Å²) >= 11 is 1.83. The van der Waals surface area contributed by atoms with Crippen molar-refractivity contribution in [1.82, 2.24) is 4.72 Å². The van der Waals surface area contributed by atoms with Gasteiger partial charge in [0, 0.05) is 6.54 Å². The molecule has 0 aliphatic heterocycles. The van der Waals surface area contributed by atoms with E-state index in [1.165, 1.54) is 13.1 Å². The fraction of sp³-hybridized carbons (Fsp3) is 0.500. The molecule has 0 aliphatic rings. The van der Waals surface area contributed by atoms with Crippen LogP contribution >= 0.6 is 11.8 Å². The Hall–Kier alpha value is -0.920. The summed E-state index contributed by atoms with van der Waals surface area (Å²) in [6.45, 7) is 0.836. The summed E-state index contributed by atoms with van der Waals surface area (Å²) in [6.07, 6.45) is 4.31. The maximum Gasteiger partial charge on any atom is 0.240 e. The van der Waals surface area contributed by atoms with E-state index in [1.54, 1.807) is 12.1 Å². The standard InChI is InChI=1S/C12H21N3O2S2/c1-14-19(16,17)10-5-6-12(11(13)9-10)15-7-3-4-8-18-2/h5-6,9,14-15H,3-4,7-8,13H2,1-2H3. The first-order valence-corrected chi connectivity index (χ1v) is 8.95. The average Bonchev–Trinajstić information content (AvgIpc) is 2.40. The summed E-state index contributed by atoms with van der Waals surface area (Å²) in [5.74, 6) is 1.15. The first kappa shape index (κ1) is 16.1. The van der Waals surface area contributed by atoms with Gasteiger partial charge in [0.15, 0.2) is 0 Å². The number of sulfonamides is 1. The summed E-state index contributed by atoms with van der Waals surface area (Å²) in [5.41, 5.74) is 7.08. The summed E-state index contributed by atoms with van der Waals surface area (Å²) in [4.78, 5) is 0.181. The molecule has 1 aromatic carbocycles. The number of thioether (sulfide) groups is 1. The predicted octanol–water partition coefficient (Wildman–Crippen LogP) is 1.73. The molecule has 0 spiro atoms. The molecule has 1 aromatic rings. The lowest BCUT2D eigenvalue weighted by molar-refractivity contribution is 0.588. The highest BCUT2D eigenvalue weighted by Crippen LogP contribution is 2.22. The molecule has 108 valence electrons. The third-order valence-corrected chi connectivity index (χ3v) is 4.80. The van der Waals surface area contributed by atoms with Gasteiger partial charge < -0.3 is 11.1 Å². The van der Waals surface area contributed by atoms with Gasteiger partial charge in [0.1, 0.15) is 0 Å². The van der Waals surface area contributed by atoms with E-state index in [4.69, 9.17) is 5.73 Å². The van der Waals surface area contributed by atoms with Crippen molar-refractivity contribution in [2.45, 2.75) is 17.7 Å². The second-order valence-electron chi connectivity index (χ2n) is 4.08. The summed E-state index contributed by atoms with van der Waals surface area (Å²) in [5, 5.41) is 3.22. The maximum atomic E-state index is 11.6. The number of unbranched alkanes of at least 4 members (excludes halogenated alkanes) is 1. The first-order chi connectivity index (χ1) is 9.01. The molecule has 0 saturated heterocycles. The number of anilines is 2. The second kappa shape index (κ2) is 7.62. The van der Waals surface area contributed by atoms with Gasteiger partial charge in [0.05, 0.1) is 16.3 Å². The van der Waals surface area contributed by atoms with Crippen molar-refractivity contribution in [3.8, 4) is 0 Å². The minimum Gasteiger partial charge on any atom is -0.397 e. The number of hydrogen-bond donors (Lipinski definition) is 3. The summed E-state index contributed by atoms with van der Waals surface area (Å²) < 4.78 is 25.5. The van der Waals surface area contributed by atoms with Crippen molar-refractivity contribution >= 4 is 33.2 Å². The van der Waals surface area contributed by atoms with E-state index in [9.17, 15) is 8.42 Å². The smallest absolute Gasteiger partial charge is 0.240 e. The Labute approximate surface area is 119 Å². The lowest BCUT2D eigenvalue weighted by Gasteiger charge is -2.11. The molecular weight excluding hydrogens is 282 g/mol. The highest BCUT2D eigenvalue weighted by Gasteiger charge is 2.12. The normalized spacial score (nSPS) is 11.5. The molecule has 0 heterocycles. The van der Waals surface area contributed by atoms with Crippen LogP contribution in [-0.4, -0.2) is 34.0 Å². The molecule has 0 fully saturated rings. The molecule has 0 radical (unpaired) electrons. The van der Waals surface area contributed by atoms with Crippen LogP contribution < -0.4 is 15.8 Å². The molecule has 5 nitrogen and oxygen atoms in total. The molecule has 19 heavy (non-hydrogen) atoms. The van der Waals surface area contributed by atoms with Gasteiger partial charge in [-0.1, -0.05) is 0 Å². The third-order valence-electron chi connectivity index (χ3n) is 2.69. The van der Waals surface area contributed by atoms with Gasteiger partial charge in [-0.05, 0) is 50.1 Å². The van der Waals surface area contributed by atoms with Crippen LogP contribution in [0.25, 0.3) is 0 Å². The van der Waals surface area contributed by atoms with Crippen LogP contribution in [0.1, 0.15) is 12.8 Å². The van der Waals surface area contributed by atoms with E-state index >= 15 is 0 Å². The van der Waals surface area contributed by atoms with Crippen molar-refractivity contribution in [2.24, 2.45) is 0 Å². The van der Waals surface area contributed by atoms with Gasteiger partial charge in [-0.2, -0.15) is 11.8 Å². The van der Waals surface area contributed by atoms with E-state index in [0.29, 0.717) is 5.69 Å². The Morgan fingerprint density at radius 1 is 1.32 bits per heavy atom. The van der Waals surface area contributed by atoms with Crippen LogP contribution in [0.15, 0.2) is 23.1 Å².